The summed E-state index contributed by atoms with van der Waals surface area (Å²) in [6, 6.07) is 0. The first-order valence-electron chi connectivity index (χ1n) is 2.37. The van der Waals surface area contributed by atoms with Crippen LogP contribution in [0.25, 0.3) is 0 Å². The molecule has 54 valence electrons. The summed E-state index contributed by atoms with van der Waals surface area (Å²) in [4.78, 5) is 0. The molecule has 1 fully saturated rings. The van der Waals surface area contributed by atoms with Crippen LogP contribution in [0.15, 0.2) is 0 Å². The SMILES string of the molecule is CCOC1OSSSO1. The van der Waals surface area contributed by atoms with Gasteiger partial charge in [-0.05, 0) is 6.92 Å². The number of hydrogen-bond donors (Lipinski definition) is 0. The minimum Gasteiger partial charge on any atom is -0.329 e. The summed E-state index contributed by atoms with van der Waals surface area (Å²) in [6.45, 7) is 2.01. The molecule has 1 aliphatic heterocycles. The van der Waals surface area contributed by atoms with Gasteiger partial charge in [-0.3, -0.25) is 0 Å². The minimum absolute atomic E-state index is 0.494. The lowest BCUT2D eigenvalue weighted by atomic mass is 10.9. The summed E-state index contributed by atoms with van der Waals surface area (Å²) >= 11 is 2.55. The van der Waals surface area contributed by atoms with Crippen LogP contribution in [0.4, 0.5) is 0 Å². The first kappa shape index (κ1) is 8.03. The normalized spacial score (nSPS) is 22.3. The molecule has 6 heteroatoms. The summed E-state index contributed by atoms with van der Waals surface area (Å²) in [5.41, 5.74) is 0. The van der Waals surface area contributed by atoms with Crippen molar-refractivity contribution in [2.45, 2.75) is 13.4 Å². The van der Waals surface area contributed by atoms with Crippen LogP contribution in [-0.4, -0.2) is 13.1 Å². The molecule has 0 aromatic rings. The van der Waals surface area contributed by atoms with E-state index >= 15 is 0 Å². The van der Waals surface area contributed by atoms with Crippen LogP contribution in [0.1, 0.15) is 6.92 Å². The largest absolute Gasteiger partial charge is 0.329 e. The molecular formula is C3H6O3S3. The predicted molar refractivity (Wildman–Crippen MR) is 40.4 cm³/mol. The number of ether oxygens (including phenoxy) is 1. The van der Waals surface area contributed by atoms with Crippen molar-refractivity contribution in [2.75, 3.05) is 6.61 Å². The number of hydrogen-bond acceptors (Lipinski definition) is 6. The Morgan fingerprint density at radius 3 is 2.67 bits per heavy atom. The van der Waals surface area contributed by atoms with Gasteiger partial charge in [0.15, 0.2) is 0 Å². The van der Waals surface area contributed by atoms with Gasteiger partial charge in [-0.2, -0.15) is 0 Å². The minimum atomic E-state index is -0.494. The lowest BCUT2D eigenvalue weighted by molar-refractivity contribution is -0.179. The third kappa shape index (κ3) is 3.01. The molecule has 0 aromatic heterocycles. The molecule has 0 N–H and O–H groups in total. The highest BCUT2D eigenvalue weighted by Gasteiger charge is 2.16. The summed E-state index contributed by atoms with van der Waals surface area (Å²) in [5, 5.41) is 0. The van der Waals surface area contributed by atoms with Gasteiger partial charge in [-0.15, -0.1) is 0 Å². The van der Waals surface area contributed by atoms with E-state index in [9.17, 15) is 0 Å². The fourth-order valence-corrected chi connectivity index (χ4v) is 2.20. The predicted octanol–water partition coefficient (Wildman–Crippen LogP) is 2.21. The van der Waals surface area contributed by atoms with Crippen LogP contribution in [0, 0.1) is 0 Å². The maximum Gasteiger partial charge on any atom is 0.295 e. The first-order chi connectivity index (χ1) is 4.43. The Bertz CT molecular complexity index is 71.9. The Labute approximate surface area is 65.4 Å². The standard InChI is InChI=1S/C3H6O3S3/c1-2-4-3-5-7-9-8-6-3/h3H,2H2,1H3. The Kier molecular flexibility index (Phi) is 4.19. The molecule has 0 spiro atoms. The summed E-state index contributed by atoms with van der Waals surface area (Å²) in [5.74, 6) is 0. The van der Waals surface area contributed by atoms with Crippen molar-refractivity contribution in [3.05, 3.63) is 0 Å². The quantitative estimate of drug-likeness (QED) is 0.485. The fourth-order valence-electron chi connectivity index (χ4n) is 0.315. The summed E-state index contributed by atoms with van der Waals surface area (Å²) in [7, 11) is 1.43. The Hall–Kier alpha value is 0.930. The lowest BCUT2D eigenvalue weighted by Gasteiger charge is -2.17. The van der Waals surface area contributed by atoms with E-state index in [2.05, 4.69) is 0 Å². The Morgan fingerprint density at radius 1 is 1.44 bits per heavy atom. The second-order valence-corrected chi connectivity index (χ2v) is 4.38. The molecule has 0 aromatic carbocycles. The van der Waals surface area contributed by atoms with Crippen molar-refractivity contribution in [3.8, 4) is 0 Å². The zero-order valence-electron chi connectivity index (χ0n) is 4.73. The molecule has 3 nitrogen and oxygen atoms in total. The summed E-state index contributed by atoms with van der Waals surface area (Å²) < 4.78 is 14.8. The second kappa shape index (κ2) is 4.70. The maximum atomic E-state index is 4.98. The zero-order chi connectivity index (χ0) is 6.53. The molecule has 0 atom stereocenters. The second-order valence-electron chi connectivity index (χ2n) is 1.14. The van der Waals surface area contributed by atoms with E-state index in [1.54, 1.807) is 0 Å². The maximum absolute atomic E-state index is 4.98. The molecule has 0 bridgehead atoms. The first-order valence-corrected chi connectivity index (χ1v) is 5.70. The van der Waals surface area contributed by atoms with Crippen LogP contribution in [0.5, 0.6) is 0 Å². The zero-order valence-corrected chi connectivity index (χ0v) is 7.18. The van der Waals surface area contributed by atoms with Crippen LogP contribution in [0.3, 0.4) is 0 Å². The average Bonchev–Trinajstić information content (AvgIpc) is 1.91. The van der Waals surface area contributed by atoms with Crippen molar-refractivity contribution >= 4 is 32.0 Å². The topological polar surface area (TPSA) is 27.7 Å². The van der Waals surface area contributed by atoms with E-state index in [0.29, 0.717) is 6.61 Å². The third-order valence-electron chi connectivity index (χ3n) is 0.594. The Balaban J connectivity index is 2.08. The van der Waals surface area contributed by atoms with Crippen LogP contribution < -0.4 is 0 Å². The van der Waals surface area contributed by atoms with Crippen molar-refractivity contribution < 1.29 is 13.1 Å². The van der Waals surface area contributed by atoms with Gasteiger partial charge >= 0.3 is 0 Å². The monoisotopic (exact) mass is 186 g/mol. The van der Waals surface area contributed by atoms with E-state index in [1.807, 2.05) is 6.92 Å². The number of rotatable bonds is 2. The van der Waals surface area contributed by atoms with Gasteiger partial charge in [0, 0.05) is 16.4 Å². The van der Waals surface area contributed by atoms with Crippen LogP contribution >= 0.6 is 32.0 Å². The van der Waals surface area contributed by atoms with Gasteiger partial charge in [0.05, 0.1) is 22.1 Å². The van der Waals surface area contributed by atoms with E-state index in [-0.39, 0.29) is 0 Å². The van der Waals surface area contributed by atoms with Gasteiger partial charge in [0.25, 0.3) is 6.48 Å². The van der Waals surface area contributed by atoms with Gasteiger partial charge in [0.2, 0.25) is 0 Å². The van der Waals surface area contributed by atoms with E-state index in [0.717, 1.165) is 0 Å². The van der Waals surface area contributed by atoms with Gasteiger partial charge in [-0.1, -0.05) is 0 Å². The summed E-state index contributed by atoms with van der Waals surface area (Å²) in [6.07, 6.45) is 0. The van der Waals surface area contributed by atoms with Gasteiger partial charge in [0.1, 0.15) is 0 Å². The van der Waals surface area contributed by atoms with Crippen molar-refractivity contribution in [3.63, 3.8) is 0 Å². The van der Waals surface area contributed by atoms with E-state index in [4.69, 9.17) is 13.1 Å². The van der Waals surface area contributed by atoms with Crippen LogP contribution in [-0.2, 0) is 13.1 Å². The Morgan fingerprint density at radius 2 is 2.11 bits per heavy atom. The highest BCUT2D eigenvalue weighted by molar-refractivity contribution is 9.07. The molecule has 0 unspecified atom stereocenters. The van der Waals surface area contributed by atoms with Gasteiger partial charge < -0.3 is 4.74 Å². The third-order valence-corrected chi connectivity index (χ3v) is 2.98. The smallest absolute Gasteiger partial charge is 0.295 e. The lowest BCUT2D eigenvalue weighted by Crippen LogP contribution is -2.15. The molecule has 1 aliphatic rings. The molecule has 0 amide bonds. The van der Waals surface area contributed by atoms with Crippen LogP contribution in [0.2, 0.25) is 0 Å². The molecule has 9 heavy (non-hydrogen) atoms. The van der Waals surface area contributed by atoms with Crippen molar-refractivity contribution in [2.24, 2.45) is 0 Å². The van der Waals surface area contributed by atoms with E-state index < -0.39 is 6.48 Å². The highest BCUT2D eigenvalue weighted by atomic mass is 33.5. The van der Waals surface area contributed by atoms with E-state index in [1.165, 1.54) is 32.0 Å². The van der Waals surface area contributed by atoms with Gasteiger partial charge in [-0.25, -0.2) is 8.37 Å². The van der Waals surface area contributed by atoms with Crippen molar-refractivity contribution in [1.29, 1.82) is 0 Å². The molecule has 0 saturated carbocycles. The molecule has 0 aliphatic carbocycles. The highest BCUT2D eigenvalue weighted by Crippen LogP contribution is 2.42. The molecular weight excluding hydrogens is 180 g/mol. The molecule has 1 heterocycles. The fraction of sp³-hybridized carbons (Fsp3) is 1.00. The average molecular weight is 186 g/mol. The molecule has 1 rings (SSSR count). The molecule has 1 saturated heterocycles. The molecule has 0 radical (unpaired) electrons. The van der Waals surface area contributed by atoms with Crippen molar-refractivity contribution in [1.82, 2.24) is 0 Å².